The molecule has 1 fully saturated rings. The van der Waals surface area contributed by atoms with Crippen LogP contribution in [0.5, 0.6) is 5.88 Å². The van der Waals surface area contributed by atoms with Gasteiger partial charge in [0.15, 0.2) is 0 Å². The van der Waals surface area contributed by atoms with E-state index in [1.165, 1.54) is 0 Å². The number of aromatic carboxylic acids is 1. The maximum absolute atomic E-state index is 13.3. The molecule has 0 aliphatic carbocycles. The summed E-state index contributed by atoms with van der Waals surface area (Å²) >= 11 is 0. The number of pyridine rings is 2. The van der Waals surface area contributed by atoms with Crippen molar-refractivity contribution in [2.24, 2.45) is 0 Å². The number of carboxylic acids is 1. The largest absolute Gasteiger partial charge is 0.478 e. The molecular weight excluding hydrogens is 551 g/mol. The Labute approximate surface area is 239 Å². The van der Waals surface area contributed by atoms with E-state index in [-0.39, 0.29) is 29.7 Å². The molecule has 0 amide bonds. The molecule has 6 rings (SSSR count). The predicted octanol–water partition coefficient (Wildman–Crippen LogP) is 5.20. The minimum Gasteiger partial charge on any atom is -0.478 e. The van der Waals surface area contributed by atoms with E-state index >= 15 is 0 Å². The van der Waals surface area contributed by atoms with Crippen LogP contribution in [0.2, 0.25) is 0 Å². The van der Waals surface area contributed by atoms with Gasteiger partial charge in [-0.05, 0) is 48.7 Å². The lowest BCUT2D eigenvalue weighted by Gasteiger charge is -2.29. The van der Waals surface area contributed by atoms with Gasteiger partial charge < -0.3 is 19.1 Å². The predicted molar refractivity (Wildman–Crippen MR) is 147 cm³/mol. The number of carboxylic acid groups (broad SMARTS) is 1. The summed E-state index contributed by atoms with van der Waals surface area (Å²) in [6, 6.07) is 11.2. The molecule has 3 aromatic heterocycles. The third-order valence-electron chi connectivity index (χ3n) is 7.55. The number of hydrogen-bond donors (Lipinski definition) is 1. The third-order valence-corrected chi connectivity index (χ3v) is 7.55. The number of fused-ring (bicyclic) bond motifs is 1. The number of nitrogens with zero attached hydrogens (tertiary/aromatic N) is 5. The lowest BCUT2D eigenvalue weighted by atomic mass is 10.0. The fraction of sp³-hybridized carbons (Fsp3) is 0.333. The van der Waals surface area contributed by atoms with Gasteiger partial charge in [0.25, 0.3) is 0 Å². The summed E-state index contributed by atoms with van der Waals surface area (Å²) in [7, 11) is 0. The van der Waals surface area contributed by atoms with Crippen molar-refractivity contribution in [3.05, 3.63) is 89.1 Å². The molecule has 0 unspecified atom stereocenters. The van der Waals surface area contributed by atoms with Crippen LogP contribution in [0.3, 0.4) is 0 Å². The Kier molecular flexibility index (Phi) is 7.65. The minimum atomic E-state index is -4.49. The number of aromatic nitrogens is 4. The van der Waals surface area contributed by atoms with Gasteiger partial charge in [0.2, 0.25) is 5.88 Å². The molecule has 0 saturated carbocycles. The Hall–Kier alpha value is -4.29. The van der Waals surface area contributed by atoms with Gasteiger partial charge in [0.05, 0.1) is 47.0 Å². The number of benzene rings is 1. The van der Waals surface area contributed by atoms with Crippen LogP contribution in [0.4, 0.5) is 13.2 Å². The first-order valence-electron chi connectivity index (χ1n) is 13.6. The average Bonchev–Trinajstić information content (AvgIpc) is 3.29. The average molecular weight is 580 g/mol. The summed E-state index contributed by atoms with van der Waals surface area (Å²) in [5, 5.41) is 9.48. The van der Waals surface area contributed by atoms with Crippen LogP contribution in [0.1, 0.15) is 45.8 Å². The molecule has 1 aromatic carbocycles. The second-order valence-corrected chi connectivity index (χ2v) is 10.3. The topological polar surface area (TPSA) is 103 Å². The summed E-state index contributed by atoms with van der Waals surface area (Å²) in [6.07, 6.45) is 1.61. The molecular formula is C30H28F3N5O4. The van der Waals surface area contributed by atoms with Crippen LogP contribution in [0.15, 0.2) is 60.9 Å². The highest BCUT2D eigenvalue weighted by atomic mass is 19.4. The summed E-state index contributed by atoms with van der Waals surface area (Å²) in [6.45, 7) is 3.02. The van der Waals surface area contributed by atoms with Crippen molar-refractivity contribution < 1.29 is 32.5 Å². The van der Waals surface area contributed by atoms with Crippen molar-refractivity contribution in [2.75, 3.05) is 19.7 Å². The zero-order chi connectivity index (χ0) is 29.3. The zero-order valence-electron chi connectivity index (χ0n) is 22.5. The van der Waals surface area contributed by atoms with Gasteiger partial charge in [-0.1, -0.05) is 12.1 Å². The van der Waals surface area contributed by atoms with Gasteiger partial charge in [-0.25, -0.2) is 14.8 Å². The third kappa shape index (κ3) is 6.00. The second kappa shape index (κ2) is 11.5. The molecule has 0 bridgehead atoms. The lowest BCUT2D eigenvalue weighted by Crippen LogP contribution is -2.33. The number of alkyl halides is 3. The first kappa shape index (κ1) is 27.9. The van der Waals surface area contributed by atoms with Crippen LogP contribution < -0.4 is 4.74 Å². The molecule has 4 aromatic rings. The molecule has 9 nitrogen and oxygen atoms in total. The van der Waals surface area contributed by atoms with Crippen molar-refractivity contribution in [1.29, 1.82) is 0 Å². The minimum absolute atomic E-state index is 0.0567. The van der Waals surface area contributed by atoms with Crippen molar-refractivity contribution in [3.8, 4) is 5.88 Å². The molecule has 0 spiro atoms. The Morgan fingerprint density at radius 1 is 1.17 bits per heavy atom. The number of halogens is 3. The molecule has 5 heterocycles. The van der Waals surface area contributed by atoms with Gasteiger partial charge in [-0.15, -0.1) is 0 Å². The number of hydrogen-bond acceptors (Lipinski definition) is 7. The van der Waals surface area contributed by atoms with E-state index in [2.05, 4.69) is 25.5 Å². The zero-order valence-corrected chi connectivity index (χ0v) is 22.5. The maximum Gasteiger partial charge on any atom is 0.416 e. The first-order valence-corrected chi connectivity index (χ1v) is 13.6. The molecule has 2 aliphatic rings. The molecule has 1 saturated heterocycles. The quantitative estimate of drug-likeness (QED) is 0.289. The van der Waals surface area contributed by atoms with Crippen molar-refractivity contribution in [1.82, 2.24) is 24.4 Å². The number of carbonyl (C=O) groups is 1. The molecule has 2 aliphatic heterocycles. The molecule has 1 N–H and O–H groups in total. The van der Waals surface area contributed by atoms with E-state index in [4.69, 9.17) is 14.5 Å². The summed E-state index contributed by atoms with van der Waals surface area (Å²) in [4.78, 5) is 27.0. The van der Waals surface area contributed by atoms with E-state index in [1.807, 2.05) is 6.07 Å². The van der Waals surface area contributed by atoms with Crippen LogP contribution in [-0.2, 0) is 30.6 Å². The van der Waals surface area contributed by atoms with Crippen LogP contribution >= 0.6 is 0 Å². The molecule has 1 atom stereocenters. The summed E-state index contributed by atoms with van der Waals surface area (Å²) in [5.41, 5.74) is 2.65. The lowest BCUT2D eigenvalue weighted by molar-refractivity contribution is -0.138. The van der Waals surface area contributed by atoms with Gasteiger partial charge in [0, 0.05) is 43.7 Å². The van der Waals surface area contributed by atoms with Crippen molar-refractivity contribution in [3.63, 3.8) is 0 Å². The van der Waals surface area contributed by atoms with Gasteiger partial charge in [-0.2, -0.15) is 13.2 Å². The molecule has 0 radical (unpaired) electrons. The number of ether oxygens (including phenoxy) is 2. The Bertz CT molecular complexity index is 1650. The molecule has 42 heavy (non-hydrogen) atoms. The maximum atomic E-state index is 13.3. The van der Waals surface area contributed by atoms with E-state index < -0.39 is 17.7 Å². The fourth-order valence-corrected chi connectivity index (χ4v) is 5.19. The first-order chi connectivity index (χ1) is 20.2. The smallest absolute Gasteiger partial charge is 0.416 e. The summed E-state index contributed by atoms with van der Waals surface area (Å²) in [5.74, 6) is 0.105. The van der Waals surface area contributed by atoms with E-state index in [0.717, 1.165) is 60.5 Å². The van der Waals surface area contributed by atoms with Crippen LogP contribution in [0, 0.1) is 0 Å². The number of rotatable bonds is 9. The molecule has 218 valence electrons. The Morgan fingerprint density at radius 2 is 2.02 bits per heavy atom. The normalized spacial score (nSPS) is 17.6. The second-order valence-electron chi connectivity index (χ2n) is 10.3. The standard InChI is InChI=1S/C30H28F3N5O4/c31-30(32,33)23-6-10-34-15-21(23)18-42-28-3-1-2-24(36-28)19-7-11-37(12-8-19)17-27-35-25-5-4-20(29(39)40)14-26(25)38(27)16-22-9-13-41-22/h1-7,10,14-15,22H,8-9,11-13,16-18H2,(H,39,40)/t22-/m0/s1. The van der Waals surface area contributed by atoms with E-state index in [9.17, 15) is 23.1 Å². The van der Waals surface area contributed by atoms with Crippen molar-refractivity contribution >= 4 is 22.6 Å². The van der Waals surface area contributed by atoms with Crippen LogP contribution in [-0.4, -0.2) is 61.3 Å². The monoisotopic (exact) mass is 579 g/mol. The van der Waals surface area contributed by atoms with Crippen molar-refractivity contribution in [2.45, 2.75) is 44.8 Å². The van der Waals surface area contributed by atoms with Crippen LogP contribution in [0.25, 0.3) is 16.6 Å². The highest BCUT2D eigenvalue weighted by molar-refractivity contribution is 5.92. The highest BCUT2D eigenvalue weighted by Gasteiger charge is 2.33. The highest BCUT2D eigenvalue weighted by Crippen LogP contribution is 2.32. The van der Waals surface area contributed by atoms with E-state index in [1.54, 1.807) is 30.3 Å². The Balaban J connectivity index is 1.15. The SMILES string of the molecule is O=C(O)c1ccc2nc(CN3CC=C(c4cccc(OCc5cnccc5C(F)(F)F)n4)CC3)n(C[C@@H]3CCO3)c2c1. The Morgan fingerprint density at radius 3 is 2.74 bits per heavy atom. The number of imidazole rings is 1. The van der Waals surface area contributed by atoms with Gasteiger partial charge in [-0.3, -0.25) is 9.88 Å². The molecule has 12 heteroatoms. The van der Waals surface area contributed by atoms with E-state index in [0.29, 0.717) is 31.7 Å². The van der Waals surface area contributed by atoms with Gasteiger partial charge >= 0.3 is 12.1 Å². The fourth-order valence-electron chi connectivity index (χ4n) is 5.19. The van der Waals surface area contributed by atoms with Gasteiger partial charge in [0.1, 0.15) is 12.4 Å². The summed E-state index contributed by atoms with van der Waals surface area (Å²) < 4.78 is 53.3.